The molecule has 1 unspecified atom stereocenters. The summed E-state index contributed by atoms with van der Waals surface area (Å²) < 4.78 is 1.96. The number of hydrogen-bond donors (Lipinski definition) is 1. The average Bonchev–Trinajstić information content (AvgIpc) is 3.31. The average molecular weight is 368 g/mol. The molecule has 1 aliphatic rings. The summed E-state index contributed by atoms with van der Waals surface area (Å²) in [7, 11) is 0. The van der Waals surface area contributed by atoms with Crippen LogP contribution in [0.15, 0.2) is 30.5 Å². The predicted molar refractivity (Wildman–Crippen MR) is 104 cm³/mol. The molecule has 0 amide bonds. The minimum Gasteiger partial charge on any atom is -0.481 e. The number of hydrogen-bond acceptors (Lipinski definition) is 3. The van der Waals surface area contributed by atoms with Gasteiger partial charge in [0.1, 0.15) is 11.5 Å². The van der Waals surface area contributed by atoms with Gasteiger partial charge < -0.3 is 9.67 Å². The number of carboxylic acids is 1. The second-order valence-electron chi connectivity index (χ2n) is 7.51. The smallest absolute Gasteiger partial charge is 0.311 e. The number of aliphatic carboxylic acids is 1. The van der Waals surface area contributed by atoms with Crippen molar-refractivity contribution in [3.05, 3.63) is 53.1 Å². The fourth-order valence-corrected chi connectivity index (χ4v) is 4.16. The van der Waals surface area contributed by atoms with Crippen molar-refractivity contribution in [2.75, 3.05) is 0 Å². The standard InChI is InChI=1S/C22H28N2O3/c1-2-3-8-20-23-13-19(15-25)24(20)14-16-9-11-18(12-10-16)21(22(26)27)17-6-4-5-7-17/h9-13,15,17,21H,2-8,14H2,1H3,(H,26,27). The van der Waals surface area contributed by atoms with E-state index in [9.17, 15) is 14.7 Å². The van der Waals surface area contributed by atoms with Crippen LogP contribution in [0.3, 0.4) is 0 Å². The van der Waals surface area contributed by atoms with Gasteiger partial charge in [-0.05, 0) is 36.3 Å². The van der Waals surface area contributed by atoms with Crippen molar-refractivity contribution in [2.45, 2.75) is 64.3 Å². The first-order valence-corrected chi connectivity index (χ1v) is 9.95. The van der Waals surface area contributed by atoms with Gasteiger partial charge in [-0.1, -0.05) is 50.5 Å². The van der Waals surface area contributed by atoms with Gasteiger partial charge in [0, 0.05) is 13.0 Å². The molecular weight excluding hydrogens is 340 g/mol. The van der Waals surface area contributed by atoms with E-state index in [1.165, 1.54) is 0 Å². The summed E-state index contributed by atoms with van der Waals surface area (Å²) in [6.07, 6.45) is 9.69. The number of nitrogens with zero attached hydrogens (tertiary/aromatic N) is 2. The predicted octanol–water partition coefficient (Wildman–Crippen LogP) is 4.44. The van der Waals surface area contributed by atoms with E-state index in [1.54, 1.807) is 6.20 Å². The van der Waals surface area contributed by atoms with Crippen LogP contribution in [0.1, 0.15) is 78.8 Å². The molecule has 1 N–H and O–H groups in total. The van der Waals surface area contributed by atoms with Gasteiger partial charge in [-0.2, -0.15) is 0 Å². The summed E-state index contributed by atoms with van der Waals surface area (Å²) in [6.45, 7) is 2.71. The molecule has 1 saturated carbocycles. The summed E-state index contributed by atoms with van der Waals surface area (Å²) in [5, 5.41) is 9.70. The van der Waals surface area contributed by atoms with Crippen LogP contribution < -0.4 is 0 Å². The Bertz CT molecular complexity index is 773. The van der Waals surface area contributed by atoms with Crippen LogP contribution >= 0.6 is 0 Å². The van der Waals surface area contributed by atoms with Gasteiger partial charge in [0.25, 0.3) is 0 Å². The van der Waals surface area contributed by atoms with Gasteiger partial charge in [0.15, 0.2) is 6.29 Å². The van der Waals surface area contributed by atoms with E-state index in [0.29, 0.717) is 12.2 Å². The third-order valence-corrected chi connectivity index (χ3v) is 5.66. The van der Waals surface area contributed by atoms with Crippen LogP contribution in [0.2, 0.25) is 0 Å². The van der Waals surface area contributed by atoms with Crippen LogP contribution in [-0.2, 0) is 17.8 Å². The molecule has 0 spiro atoms. The zero-order valence-electron chi connectivity index (χ0n) is 15.9. The van der Waals surface area contributed by atoms with E-state index in [4.69, 9.17) is 0 Å². The number of carboxylic acid groups (broad SMARTS) is 1. The van der Waals surface area contributed by atoms with Gasteiger partial charge in [0.2, 0.25) is 0 Å². The molecule has 5 heteroatoms. The summed E-state index contributed by atoms with van der Waals surface area (Å²) in [5.41, 5.74) is 2.51. The Balaban J connectivity index is 1.78. The monoisotopic (exact) mass is 368 g/mol. The molecule has 1 heterocycles. The highest BCUT2D eigenvalue weighted by molar-refractivity contribution is 5.76. The number of imidazole rings is 1. The van der Waals surface area contributed by atoms with Crippen LogP contribution in [0, 0.1) is 5.92 Å². The maximum atomic E-state index is 11.8. The molecule has 1 aromatic heterocycles. The minimum absolute atomic E-state index is 0.240. The summed E-state index contributed by atoms with van der Waals surface area (Å²) >= 11 is 0. The lowest BCUT2D eigenvalue weighted by Crippen LogP contribution is -2.19. The van der Waals surface area contributed by atoms with Gasteiger partial charge in [0.05, 0.1) is 12.1 Å². The largest absolute Gasteiger partial charge is 0.481 e. The number of aryl methyl sites for hydroxylation is 1. The second kappa shape index (κ2) is 8.98. The summed E-state index contributed by atoms with van der Waals surface area (Å²) in [5.74, 6) is 0.0245. The Hall–Kier alpha value is -2.43. The van der Waals surface area contributed by atoms with Crippen LogP contribution in [0.25, 0.3) is 0 Å². The SMILES string of the molecule is CCCCc1ncc(C=O)n1Cc1ccc(C(C(=O)O)C2CCCC2)cc1. The highest BCUT2D eigenvalue weighted by Crippen LogP contribution is 2.37. The molecule has 144 valence electrons. The molecule has 1 fully saturated rings. The number of carbonyl (C=O) groups excluding carboxylic acids is 1. The molecule has 27 heavy (non-hydrogen) atoms. The Morgan fingerprint density at radius 1 is 1.30 bits per heavy atom. The van der Waals surface area contributed by atoms with Crippen molar-refractivity contribution < 1.29 is 14.7 Å². The lowest BCUT2D eigenvalue weighted by molar-refractivity contribution is -0.140. The van der Waals surface area contributed by atoms with Gasteiger partial charge >= 0.3 is 5.97 Å². The second-order valence-corrected chi connectivity index (χ2v) is 7.51. The molecule has 0 saturated heterocycles. The summed E-state index contributed by atoms with van der Waals surface area (Å²) in [4.78, 5) is 27.5. The third-order valence-electron chi connectivity index (χ3n) is 5.66. The van der Waals surface area contributed by atoms with E-state index >= 15 is 0 Å². The molecule has 5 nitrogen and oxygen atoms in total. The number of benzene rings is 1. The first-order chi connectivity index (χ1) is 13.1. The van der Waals surface area contributed by atoms with Crippen LogP contribution in [-0.4, -0.2) is 26.9 Å². The maximum absolute atomic E-state index is 11.8. The maximum Gasteiger partial charge on any atom is 0.311 e. The molecule has 1 aromatic carbocycles. The van der Waals surface area contributed by atoms with Crippen molar-refractivity contribution >= 4 is 12.3 Å². The molecule has 1 aliphatic carbocycles. The Kier molecular flexibility index (Phi) is 6.43. The first kappa shape index (κ1) is 19.3. The fourth-order valence-electron chi connectivity index (χ4n) is 4.16. The van der Waals surface area contributed by atoms with Gasteiger partial charge in [-0.25, -0.2) is 4.98 Å². The minimum atomic E-state index is -0.727. The van der Waals surface area contributed by atoms with Gasteiger partial charge in [-0.3, -0.25) is 9.59 Å². The van der Waals surface area contributed by atoms with E-state index in [-0.39, 0.29) is 5.92 Å². The quantitative estimate of drug-likeness (QED) is 0.664. The molecular formula is C22H28N2O3. The van der Waals surface area contributed by atoms with E-state index in [1.807, 2.05) is 28.8 Å². The van der Waals surface area contributed by atoms with E-state index < -0.39 is 11.9 Å². The molecule has 2 aromatic rings. The highest BCUT2D eigenvalue weighted by Gasteiger charge is 2.31. The lowest BCUT2D eigenvalue weighted by atomic mass is 9.84. The Morgan fingerprint density at radius 3 is 2.59 bits per heavy atom. The zero-order valence-corrected chi connectivity index (χ0v) is 15.9. The van der Waals surface area contributed by atoms with Crippen molar-refractivity contribution in [1.29, 1.82) is 0 Å². The Labute approximate surface area is 160 Å². The third kappa shape index (κ3) is 4.46. The van der Waals surface area contributed by atoms with Crippen LogP contribution in [0.4, 0.5) is 0 Å². The number of carbonyl (C=O) groups is 2. The van der Waals surface area contributed by atoms with Crippen molar-refractivity contribution in [2.24, 2.45) is 5.92 Å². The number of aldehydes is 1. The molecule has 0 radical (unpaired) electrons. The molecule has 0 aliphatic heterocycles. The topological polar surface area (TPSA) is 72.2 Å². The van der Waals surface area contributed by atoms with Crippen molar-refractivity contribution in [1.82, 2.24) is 9.55 Å². The number of unbranched alkanes of at least 4 members (excludes halogenated alkanes) is 1. The van der Waals surface area contributed by atoms with E-state index in [0.717, 1.165) is 68.2 Å². The number of rotatable bonds is 9. The number of aromatic nitrogens is 2. The van der Waals surface area contributed by atoms with Gasteiger partial charge in [-0.15, -0.1) is 0 Å². The van der Waals surface area contributed by atoms with Crippen molar-refractivity contribution in [3.8, 4) is 0 Å². The molecule has 1 atom stereocenters. The highest BCUT2D eigenvalue weighted by atomic mass is 16.4. The molecule has 0 bridgehead atoms. The summed E-state index contributed by atoms with van der Waals surface area (Å²) in [6, 6.07) is 7.85. The van der Waals surface area contributed by atoms with E-state index in [2.05, 4.69) is 11.9 Å². The zero-order chi connectivity index (χ0) is 19.2. The van der Waals surface area contributed by atoms with Crippen LogP contribution in [0.5, 0.6) is 0 Å². The fraction of sp³-hybridized carbons (Fsp3) is 0.500. The first-order valence-electron chi connectivity index (χ1n) is 9.95. The normalized spacial score (nSPS) is 15.7. The lowest BCUT2D eigenvalue weighted by Gasteiger charge is -2.20. The van der Waals surface area contributed by atoms with Crippen molar-refractivity contribution in [3.63, 3.8) is 0 Å². The molecule has 3 rings (SSSR count). The Morgan fingerprint density at radius 2 is 2.00 bits per heavy atom.